The number of hydrogen-bond donors (Lipinski definition) is 1. The van der Waals surface area contributed by atoms with Gasteiger partial charge in [0, 0.05) is 6.04 Å². The van der Waals surface area contributed by atoms with Crippen LogP contribution in [0.1, 0.15) is 57.1 Å². The molecule has 1 aromatic rings. The highest BCUT2D eigenvalue weighted by molar-refractivity contribution is 5.41. The Morgan fingerprint density at radius 1 is 1.25 bits per heavy atom. The van der Waals surface area contributed by atoms with Gasteiger partial charge < -0.3 is 10.5 Å². The van der Waals surface area contributed by atoms with E-state index in [4.69, 9.17) is 10.5 Å². The molecule has 1 atom stereocenters. The third kappa shape index (κ3) is 3.99. The van der Waals surface area contributed by atoms with Crippen molar-refractivity contribution in [2.24, 2.45) is 11.7 Å². The standard InChI is InChI=1S/C18H29NO/c1-4-16(19)12-15-7-5-6-14(3)18(15)20-17-10-8-13(2)9-11-17/h5-7,13,16-17H,4,8-12,19H2,1-3H3. The molecule has 0 amide bonds. The Kier molecular flexibility index (Phi) is 5.47. The van der Waals surface area contributed by atoms with E-state index in [0.717, 1.165) is 24.5 Å². The third-order valence-electron chi connectivity index (χ3n) is 4.55. The van der Waals surface area contributed by atoms with Gasteiger partial charge in [-0.25, -0.2) is 0 Å². The van der Waals surface area contributed by atoms with Crippen LogP contribution in [0, 0.1) is 12.8 Å². The quantitative estimate of drug-likeness (QED) is 0.872. The lowest BCUT2D eigenvalue weighted by Crippen LogP contribution is -2.25. The molecule has 1 aromatic carbocycles. The summed E-state index contributed by atoms with van der Waals surface area (Å²) in [4.78, 5) is 0. The van der Waals surface area contributed by atoms with Crippen LogP contribution in [0.5, 0.6) is 5.75 Å². The van der Waals surface area contributed by atoms with E-state index in [1.54, 1.807) is 0 Å². The molecule has 1 fully saturated rings. The molecule has 0 aromatic heterocycles. The van der Waals surface area contributed by atoms with Crippen molar-refractivity contribution in [1.82, 2.24) is 0 Å². The molecule has 1 aliphatic carbocycles. The van der Waals surface area contributed by atoms with Crippen molar-refractivity contribution < 1.29 is 4.74 Å². The highest BCUT2D eigenvalue weighted by Crippen LogP contribution is 2.31. The molecule has 0 bridgehead atoms. The van der Waals surface area contributed by atoms with Gasteiger partial charge in [-0.2, -0.15) is 0 Å². The summed E-state index contributed by atoms with van der Waals surface area (Å²) in [6.07, 6.45) is 7.28. The van der Waals surface area contributed by atoms with Crippen LogP contribution in [0.2, 0.25) is 0 Å². The molecule has 2 heteroatoms. The largest absolute Gasteiger partial charge is 0.490 e. The van der Waals surface area contributed by atoms with E-state index in [-0.39, 0.29) is 6.04 Å². The van der Waals surface area contributed by atoms with Gasteiger partial charge in [0.1, 0.15) is 5.75 Å². The summed E-state index contributed by atoms with van der Waals surface area (Å²) in [5.74, 6) is 1.95. The summed E-state index contributed by atoms with van der Waals surface area (Å²) >= 11 is 0. The van der Waals surface area contributed by atoms with Crippen molar-refractivity contribution in [3.05, 3.63) is 29.3 Å². The number of ether oxygens (including phenoxy) is 1. The van der Waals surface area contributed by atoms with Gasteiger partial charge in [-0.1, -0.05) is 32.0 Å². The molecule has 1 saturated carbocycles. The Bertz CT molecular complexity index is 421. The lowest BCUT2D eigenvalue weighted by atomic mass is 9.89. The average Bonchev–Trinajstić information content (AvgIpc) is 2.44. The summed E-state index contributed by atoms with van der Waals surface area (Å²) in [6, 6.07) is 6.65. The molecular weight excluding hydrogens is 246 g/mol. The third-order valence-corrected chi connectivity index (χ3v) is 4.55. The SMILES string of the molecule is CCC(N)Cc1cccc(C)c1OC1CCC(C)CC1. The van der Waals surface area contributed by atoms with Crippen LogP contribution < -0.4 is 10.5 Å². The van der Waals surface area contributed by atoms with Crippen LogP contribution in [0.15, 0.2) is 18.2 Å². The first-order valence-electron chi connectivity index (χ1n) is 8.10. The molecule has 112 valence electrons. The zero-order valence-corrected chi connectivity index (χ0v) is 13.2. The first kappa shape index (κ1) is 15.4. The second-order valence-electron chi connectivity index (χ2n) is 6.44. The fourth-order valence-corrected chi connectivity index (χ4v) is 2.98. The number of hydrogen-bond acceptors (Lipinski definition) is 2. The van der Waals surface area contributed by atoms with Crippen LogP contribution in [0.4, 0.5) is 0 Å². The number of para-hydroxylation sites is 1. The second kappa shape index (κ2) is 7.12. The highest BCUT2D eigenvalue weighted by atomic mass is 16.5. The monoisotopic (exact) mass is 275 g/mol. The van der Waals surface area contributed by atoms with E-state index in [9.17, 15) is 0 Å². The van der Waals surface area contributed by atoms with Crippen molar-refractivity contribution in [2.75, 3.05) is 0 Å². The van der Waals surface area contributed by atoms with Crippen molar-refractivity contribution in [3.8, 4) is 5.75 Å². The Balaban J connectivity index is 2.09. The number of aryl methyl sites for hydroxylation is 1. The normalized spacial score (nSPS) is 24.4. The summed E-state index contributed by atoms with van der Waals surface area (Å²) in [5, 5.41) is 0. The van der Waals surface area contributed by atoms with E-state index < -0.39 is 0 Å². The van der Waals surface area contributed by atoms with Crippen LogP contribution in [-0.2, 0) is 6.42 Å². The topological polar surface area (TPSA) is 35.2 Å². The predicted molar refractivity (Wildman–Crippen MR) is 85.2 cm³/mol. The lowest BCUT2D eigenvalue weighted by molar-refractivity contribution is 0.133. The minimum atomic E-state index is 0.227. The molecule has 2 rings (SSSR count). The van der Waals surface area contributed by atoms with Gasteiger partial charge in [-0.05, 0) is 62.5 Å². The van der Waals surface area contributed by atoms with Gasteiger partial charge in [-0.15, -0.1) is 0 Å². The van der Waals surface area contributed by atoms with Crippen LogP contribution in [0.25, 0.3) is 0 Å². The molecular formula is C18H29NO. The average molecular weight is 275 g/mol. The Hall–Kier alpha value is -1.02. The molecule has 0 spiro atoms. The van der Waals surface area contributed by atoms with Gasteiger partial charge >= 0.3 is 0 Å². The van der Waals surface area contributed by atoms with Gasteiger partial charge in [0.05, 0.1) is 6.10 Å². The van der Waals surface area contributed by atoms with Gasteiger partial charge in [-0.3, -0.25) is 0 Å². The van der Waals surface area contributed by atoms with Crippen molar-refractivity contribution in [2.45, 2.75) is 71.4 Å². The summed E-state index contributed by atoms with van der Waals surface area (Å²) in [7, 11) is 0. The number of rotatable bonds is 5. The minimum Gasteiger partial charge on any atom is -0.490 e. The first-order chi connectivity index (χ1) is 9.60. The first-order valence-corrected chi connectivity index (χ1v) is 8.10. The molecule has 2 N–H and O–H groups in total. The molecule has 0 heterocycles. The maximum atomic E-state index is 6.36. The van der Waals surface area contributed by atoms with Gasteiger partial charge in [0.2, 0.25) is 0 Å². The Morgan fingerprint density at radius 3 is 2.60 bits per heavy atom. The van der Waals surface area contributed by atoms with E-state index in [2.05, 4.69) is 39.0 Å². The van der Waals surface area contributed by atoms with Crippen molar-refractivity contribution in [1.29, 1.82) is 0 Å². The highest BCUT2D eigenvalue weighted by Gasteiger charge is 2.21. The van der Waals surface area contributed by atoms with Gasteiger partial charge in [0.15, 0.2) is 0 Å². The fraction of sp³-hybridized carbons (Fsp3) is 0.667. The van der Waals surface area contributed by atoms with E-state index in [1.165, 1.54) is 36.8 Å². The summed E-state index contributed by atoms with van der Waals surface area (Å²) in [5.41, 5.74) is 8.64. The zero-order valence-electron chi connectivity index (χ0n) is 13.2. The molecule has 2 nitrogen and oxygen atoms in total. The van der Waals surface area contributed by atoms with Crippen molar-refractivity contribution in [3.63, 3.8) is 0 Å². The molecule has 0 saturated heterocycles. The lowest BCUT2D eigenvalue weighted by Gasteiger charge is -2.28. The molecule has 20 heavy (non-hydrogen) atoms. The summed E-state index contributed by atoms with van der Waals surface area (Å²) in [6.45, 7) is 6.63. The molecule has 0 aliphatic heterocycles. The maximum Gasteiger partial charge on any atom is 0.125 e. The molecule has 1 unspecified atom stereocenters. The number of nitrogens with two attached hydrogens (primary N) is 1. The smallest absolute Gasteiger partial charge is 0.125 e. The fourth-order valence-electron chi connectivity index (χ4n) is 2.98. The zero-order chi connectivity index (χ0) is 14.5. The van der Waals surface area contributed by atoms with Crippen LogP contribution >= 0.6 is 0 Å². The second-order valence-corrected chi connectivity index (χ2v) is 6.44. The number of benzene rings is 1. The Labute approximate surface area is 123 Å². The maximum absolute atomic E-state index is 6.36. The molecule has 1 aliphatic rings. The van der Waals surface area contributed by atoms with Crippen molar-refractivity contribution >= 4 is 0 Å². The summed E-state index contributed by atoms with van der Waals surface area (Å²) < 4.78 is 6.36. The van der Waals surface area contributed by atoms with Crippen LogP contribution in [0.3, 0.4) is 0 Å². The Morgan fingerprint density at radius 2 is 1.95 bits per heavy atom. The molecule has 0 radical (unpaired) electrons. The minimum absolute atomic E-state index is 0.227. The van der Waals surface area contributed by atoms with E-state index in [0.29, 0.717) is 6.10 Å². The van der Waals surface area contributed by atoms with E-state index >= 15 is 0 Å². The van der Waals surface area contributed by atoms with Gasteiger partial charge in [0.25, 0.3) is 0 Å². The predicted octanol–water partition coefficient (Wildman–Crippen LogP) is 4.23. The van der Waals surface area contributed by atoms with Crippen LogP contribution in [-0.4, -0.2) is 12.1 Å². The van der Waals surface area contributed by atoms with E-state index in [1.807, 2.05) is 0 Å².